The molecule has 2 rings (SSSR count). The van der Waals surface area contributed by atoms with Gasteiger partial charge >= 0.3 is 0 Å². The van der Waals surface area contributed by atoms with Crippen LogP contribution in [0.5, 0.6) is 5.19 Å². The summed E-state index contributed by atoms with van der Waals surface area (Å²) in [5.41, 5.74) is 6.62. The summed E-state index contributed by atoms with van der Waals surface area (Å²) in [5.74, 6) is 0.513. The van der Waals surface area contributed by atoms with Crippen LogP contribution in [0.4, 0.5) is 5.82 Å². The number of pyridine rings is 1. The molecule has 0 saturated heterocycles. The lowest BCUT2D eigenvalue weighted by Crippen LogP contribution is -1.88. The lowest BCUT2D eigenvalue weighted by atomic mass is 10.2. The molecule has 0 spiro atoms. The first-order chi connectivity index (χ1) is 7.29. The summed E-state index contributed by atoms with van der Waals surface area (Å²) >= 11 is 1.50. The predicted molar refractivity (Wildman–Crippen MR) is 60.9 cm³/mol. The van der Waals surface area contributed by atoms with Crippen molar-refractivity contribution >= 4 is 17.2 Å². The number of nitrogen functional groups attached to an aromatic ring is 1. The van der Waals surface area contributed by atoms with Crippen LogP contribution in [0.25, 0.3) is 10.4 Å². The highest BCUT2D eigenvalue weighted by Crippen LogP contribution is 2.30. The predicted octanol–water partition coefficient (Wildman–Crippen LogP) is 2.19. The molecule has 2 N–H and O–H groups in total. The van der Waals surface area contributed by atoms with E-state index in [1.165, 1.54) is 11.3 Å². The van der Waals surface area contributed by atoms with Gasteiger partial charge < -0.3 is 10.5 Å². The van der Waals surface area contributed by atoms with Gasteiger partial charge in [-0.25, -0.2) is 9.97 Å². The normalized spacial score (nSPS) is 10.2. The monoisotopic (exact) mass is 221 g/mol. The lowest BCUT2D eigenvalue weighted by Gasteiger charge is -1.97. The molecular formula is C10H11N3OS. The highest BCUT2D eigenvalue weighted by atomic mass is 32.1. The van der Waals surface area contributed by atoms with Crippen molar-refractivity contribution in [3.8, 4) is 15.6 Å². The minimum absolute atomic E-state index is 0.513. The molecule has 0 amide bonds. The maximum Gasteiger partial charge on any atom is 0.273 e. The van der Waals surface area contributed by atoms with Crippen molar-refractivity contribution in [2.24, 2.45) is 0 Å². The Balaban J connectivity index is 2.29. The fraction of sp³-hybridized carbons (Fsp3) is 0.200. The molecule has 0 radical (unpaired) electrons. The van der Waals surface area contributed by atoms with Crippen LogP contribution in [0, 0.1) is 0 Å². The Morgan fingerprint density at radius 3 is 3.07 bits per heavy atom. The minimum Gasteiger partial charge on any atom is -0.470 e. The molecule has 15 heavy (non-hydrogen) atoms. The number of thiazole rings is 1. The van der Waals surface area contributed by atoms with Crippen molar-refractivity contribution in [2.45, 2.75) is 6.92 Å². The average Bonchev–Trinajstić information content (AvgIpc) is 2.67. The van der Waals surface area contributed by atoms with Crippen molar-refractivity contribution in [3.63, 3.8) is 0 Å². The van der Waals surface area contributed by atoms with Gasteiger partial charge in [0.1, 0.15) is 5.82 Å². The van der Waals surface area contributed by atoms with Crippen LogP contribution in [0.2, 0.25) is 0 Å². The second-order valence-electron chi connectivity index (χ2n) is 2.89. The first kappa shape index (κ1) is 9.92. The summed E-state index contributed by atoms with van der Waals surface area (Å²) in [6.07, 6.45) is 3.47. The number of aromatic nitrogens is 2. The zero-order valence-corrected chi connectivity index (χ0v) is 9.12. The van der Waals surface area contributed by atoms with Crippen LogP contribution in [0.1, 0.15) is 6.92 Å². The Hall–Kier alpha value is -1.62. The average molecular weight is 221 g/mol. The van der Waals surface area contributed by atoms with Crippen LogP contribution < -0.4 is 10.5 Å². The van der Waals surface area contributed by atoms with Gasteiger partial charge in [0.25, 0.3) is 5.19 Å². The maximum absolute atomic E-state index is 5.60. The number of hydrogen-bond donors (Lipinski definition) is 1. The second-order valence-corrected chi connectivity index (χ2v) is 3.89. The molecule has 78 valence electrons. The molecular weight excluding hydrogens is 210 g/mol. The fourth-order valence-electron chi connectivity index (χ4n) is 1.18. The van der Waals surface area contributed by atoms with Gasteiger partial charge in [-0.3, -0.25) is 0 Å². The summed E-state index contributed by atoms with van der Waals surface area (Å²) in [6, 6.07) is 3.73. The van der Waals surface area contributed by atoms with Gasteiger partial charge in [0.2, 0.25) is 0 Å². The zero-order valence-electron chi connectivity index (χ0n) is 8.30. The minimum atomic E-state index is 0.513. The van der Waals surface area contributed by atoms with Gasteiger partial charge in [0.05, 0.1) is 11.5 Å². The Kier molecular flexibility index (Phi) is 2.82. The van der Waals surface area contributed by atoms with Gasteiger partial charge in [-0.1, -0.05) is 11.3 Å². The Labute approximate surface area is 91.8 Å². The van der Waals surface area contributed by atoms with Crippen molar-refractivity contribution in [3.05, 3.63) is 24.5 Å². The van der Waals surface area contributed by atoms with E-state index in [0.717, 1.165) is 10.4 Å². The van der Waals surface area contributed by atoms with Gasteiger partial charge in [0, 0.05) is 12.4 Å². The number of anilines is 1. The molecule has 0 aliphatic carbocycles. The van der Waals surface area contributed by atoms with Gasteiger partial charge in [-0.05, 0) is 24.6 Å². The number of nitrogens with two attached hydrogens (primary N) is 1. The van der Waals surface area contributed by atoms with E-state index in [2.05, 4.69) is 9.97 Å². The van der Waals surface area contributed by atoms with Crippen LogP contribution in [-0.2, 0) is 0 Å². The quantitative estimate of drug-likeness (QED) is 0.863. The van der Waals surface area contributed by atoms with Crippen molar-refractivity contribution < 1.29 is 4.74 Å². The SMILES string of the molecule is CCOc1ncc(-c2ccnc(N)c2)s1. The number of hydrogen-bond acceptors (Lipinski definition) is 5. The van der Waals surface area contributed by atoms with E-state index in [0.29, 0.717) is 17.6 Å². The lowest BCUT2D eigenvalue weighted by molar-refractivity contribution is 0.338. The molecule has 0 fully saturated rings. The fourth-order valence-corrected chi connectivity index (χ4v) is 2.00. The number of rotatable bonds is 3. The van der Waals surface area contributed by atoms with Crippen LogP contribution in [0.15, 0.2) is 24.5 Å². The first-order valence-electron chi connectivity index (χ1n) is 4.60. The maximum atomic E-state index is 5.60. The zero-order chi connectivity index (χ0) is 10.7. The third-order valence-electron chi connectivity index (χ3n) is 1.82. The van der Waals surface area contributed by atoms with Gasteiger partial charge in [-0.2, -0.15) is 0 Å². The van der Waals surface area contributed by atoms with Crippen molar-refractivity contribution in [1.82, 2.24) is 9.97 Å². The van der Waals surface area contributed by atoms with E-state index in [1.54, 1.807) is 12.4 Å². The van der Waals surface area contributed by atoms with E-state index in [1.807, 2.05) is 19.1 Å². The molecule has 2 heterocycles. The van der Waals surface area contributed by atoms with E-state index in [4.69, 9.17) is 10.5 Å². The molecule has 2 aromatic heterocycles. The number of nitrogens with zero attached hydrogens (tertiary/aromatic N) is 2. The standard InChI is InChI=1S/C10H11N3OS/c1-2-14-10-13-6-8(15-10)7-3-4-12-9(11)5-7/h3-6H,2H2,1H3,(H2,11,12). The third kappa shape index (κ3) is 2.24. The van der Waals surface area contributed by atoms with Crippen LogP contribution >= 0.6 is 11.3 Å². The van der Waals surface area contributed by atoms with E-state index in [9.17, 15) is 0 Å². The van der Waals surface area contributed by atoms with E-state index in [-0.39, 0.29) is 0 Å². The van der Waals surface area contributed by atoms with E-state index < -0.39 is 0 Å². The number of ether oxygens (including phenoxy) is 1. The molecule has 2 aromatic rings. The molecule has 0 atom stereocenters. The molecule has 4 nitrogen and oxygen atoms in total. The summed E-state index contributed by atoms with van der Waals surface area (Å²) in [7, 11) is 0. The van der Waals surface area contributed by atoms with E-state index >= 15 is 0 Å². The first-order valence-corrected chi connectivity index (χ1v) is 5.41. The summed E-state index contributed by atoms with van der Waals surface area (Å²) < 4.78 is 5.30. The smallest absolute Gasteiger partial charge is 0.273 e. The van der Waals surface area contributed by atoms with Gasteiger partial charge in [0.15, 0.2) is 0 Å². The summed E-state index contributed by atoms with van der Waals surface area (Å²) in [5, 5.41) is 0.683. The van der Waals surface area contributed by atoms with Gasteiger partial charge in [-0.15, -0.1) is 0 Å². The molecule has 0 bridgehead atoms. The highest BCUT2D eigenvalue weighted by molar-refractivity contribution is 7.16. The summed E-state index contributed by atoms with van der Waals surface area (Å²) in [6.45, 7) is 2.57. The molecule has 0 aliphatic rings. The third-order valence-corrected chi connectivity index (χ3v) is 2.78. The van der Waals surface area contributed by atoms with Crippen LogP contribution in [-0.4, -0.2) is 16.6 Å². The van der Waals surface area contributed by atoms with Crippen molar-refractivity contribution in [2.75, 3.05) is 12.3 Å². The molecule has 0 aromatic carbocycles. The van der Waals surface area contributed by atoms with Crippen LogP contribution in [0.3, 0.4) is 0 Å². The Morgan fingerprint density at radius 1 is 1.47 bits per heavy atom. The topological polar surface area (TPSA) is 61.0 Å². The largest absolute Gasteiger partial charge is 0.470 e. The van der Waals surface area contributed by atoms with Crippen molar-refractivity contribution in [1.29, 1.82) is 0 Å². The molecule has 0 unspecified atom stereocenters. The Bertz CT molecular complexity index is 455. The highest BCUT2D eigenvalue weighted by Gasteiger charge is 2.05. The molecule has 0 aliphatic heterocycles. The molecule has 5 heteroatoms. The summed E-state index contributed by atoms with van der Waals surface area (Å²) in [4.78, 5) is 9.12. The molecule has 0 saturated carbocycles. The second kappa shape index (κ2) is 4.27. The Morgan fingerprint density at radius 2 is 2.33 bits per heavy atom.